The van der Waals surface area contributed by atoms with E-state index in [4.69, 9.17) is 14.6 Å². The Morgan fingerprint density at radius 2 is 2.05 bits per heavy atom. The minimum atomic E-state index is -0.988. The molecule has 0 aliphatic carbocycles. The first kappa shape index (κ1) is 15.2. The van der Waals surface area contributed by atoms with Crippen molar-refractivity contribution in [3.05, 3.63) is 35.4 Å². The molecular formula is C15H20O4. The molecule has 1 aromatic carbocycles. The fraction of sp³-hybridized carbons (Fsp3) is 0.400. The van der Waals surface area contributed by atoms with E-state index in [2.05, 4.69) is 0 Å². The molecule has 0 bridgehead atoms. The number of methoxy groups -OCH3 is 1. The molecule has 0 radical (unpaired) electrons. The lowest BCUT2D eigenvalue weighted by atomic mass is 10.1. The van der Waals surface area contributed by atoms with E-state index in [1.165, 1.54) is 6.08 Å². The summed E-state index contributed by atoms with van der Waals surface area (Å²) in [4.78, 5) is 10.6. The number of benzene rings is 1. The third-order valence-electron chi connectivity index (χ3n) is 2.37. The van der Waals surface area contributed by atoms with Crippen molar-refractivity contribution in [2.45, 2.75) is 33.0 Å². The highest BCUT2D eigenvalue weighted by Gasteiger charge is 2.11. The first-order valence-electron chi connectivity index (χ1n) is 6.04. The maximum Gasteiger partial charge on any atom is 0.328 e. The van der Waals surface area contributed by atoms with Crippen molar-refractivity contribution >= 4 is 12.0 Å². The average Bonchev–Trinajstić information content (AvgIpc) is 2.33. The Morgan fingerprint density at radius 3 is 2.58 bits per heavy atom. The summed E-state index contributed by atoms with van der Waals surface area (Å²) in [5.74, 6) is -0.351. The van der Waals surface area contributed by atoms with Crippen LogP contribution in [-0.4, -0.2) is 23.8 Å². The SMILES string of the molecule is COc1ccc(COC(C)(C)C)cc1C=CC(=O)O. The normalized spacial score (nSPS) is 11.8. The number of carboxylic acids is 1. The van der Waals surface area contributed by atoms with Crippen molar-refractivity contribution in [1.82, 2.24) is 0 Å². The van der Waals surface area contributed by atoms with E-state index in [1.54, 1.807) is 7.11 Å². The van der Waals surface area contributed by atoms with Crippen LogP contribution in [0.4, 0.5) is 0 Å². The second-order valence-corrected chi connectivity index (χ2v) is 5.15. The van der Waals surface area contributed by atoms with Gasteiger partial charge in [0.2, 0.25) is 0 Å². The van der Waals surface area contributed by atoms with Crippen LogP contribution in [0.3, 0.4) is 0 Å². The summed E-state index contributed by atoms with van der Waals surface area (Å²) in [5, 5.41) is 8.67. The van der Waals surface area contributed by atoms with E-state index in [1.807, 2.05) is 39.0 Å². The lowest BCUT2D eigenvalue weighted by Gasteiger charge is -2.19. The van der Waals surface area contributed by atoms with E-state index in [-0.39, 0.29) is 5.60 Å². The van der Waals surface area contributed by atoms with Crippen molar-refractivity contribution in [2.75, 3.05) is 7.11 Å². The number of carboxylic acid groups (broad SMARTS) is 1. The van der Waals surface area contributed by atoms with E-state index >= 15 is 0 Å². The predicted octanol–water partition coefficient (Wildman–Crippen LogP) is 3.11. The number of hydrogen-bond donors (Lipinski definition) is 1. The minimum absolute atomic E-state index is 0.211. The molecule has 0 fully saturated rings. The maximum atomic E-state index is 10.6. The molecule has 19 heavy (non-hydrogen) atoms. The molecule has 4 heteroatoms. The average molecular weight is 264 g/mol. The lowest BCUT2D eigenvalue weighted by molar-refractivity contribution is -0.131. The third-order valence-corrected chi connectivity index (χ3v) is 2.37. The second kappa shape index (κ2) is 6.38. The van der Waals surface area contributed by atoms with Crippen molar-refractivity contribution < 1.29 is 19.4 Å². The zero-order chi connectivity index (χ0) is 14.5. The van der Waals surface area contributed by atoms with Crippen molar-refractivity contribution in [3.63, 3.8) is 0 Å². The van der Waals surface area contributed by atoms with Gasteiger partial charge in [0.15, 0.2) is 0 Å². The van der Waals surface area contributed by atoms with Crippen molar-refractivity contribution in [1.29, 1.82) is 0 Å². The summed E-state index contributed by atoms with van der Waals surface area (Å²) in [6.07, 6.45) is 2.61. The number of ether oxygens (including phenoxy) is 2. The summed E-state index contributed by atoms with van der Waals surface area (Å²) in [6.45, 7) is 6.44. The summed E-state index contributed by atoms with van der Waals surface area (Å²) in [6, 6.07) is 5.58. The van der Waals surface area contributed by atoms with Crippen LogP contribution in [0.1, 0.15) is 31.9 Å². The Bertz CT molecular complexity index is 470. The van der Waals surface area contributed by atoms with E-state index in [0.29, 0.717) is 12.4 Å². The summed E-state index contributed by atoms with van der Waals surface area (Å²) >= 11 is 0. The molecule has 0 aliphatic heterocycles. The van der Waals surface area contributed by atoms with Gasteiger partial charge >= 0.3 is 5.97 Å². The van der Waals surface area contributed by atoms with E-state index in [0.717, 1.165) is 17.2 Å². The first-order chi connectivity index (χ1) is 8.81. The smallest absolute Gasteiger partial charge is 0.328 e. The third kappa shape index (κ3) is 5.57. The van der Waals surface area contributed by atoms with Crippen LogP contribution in [0.2, 0.25) is 0 Å². The Morgan fingerprint density at radius 1 is 1.37 bits per heavy atom. The first-order valence-corrected chi connectivity index (χ1v) is 6.04. The Balaban J connectivity index is 2.91. The quantitative estimate of drug-likeness (QED) is 0.830. The molecule has 0 spiro atoms. The molecule has 0 saturated carbocycles. The Hall–Kier alpha value is -1.81. The molecule has 1 rings (SSSR count). The van der Waals surface area contributed by atoms with Crippen molar-refractivity contribution in [3.8, 4) is 5.75 Å². The van der Waals surface area contributed by atoms with Gasteiger partial charge in [0.1, 0.15) is 5.75 Å². The molecule has 0 aliphatic rings. The molecule has 0 amide bonds. The topological polar surface area (TPSA) is 55.8 Å². The zero-order valence-corrected chi connectivity index (χ0v) is 11.8. The maximum absolute atomic E-state index is 10.6. The molecule has 4 nitrogen and oxygen atoms in total. The van der Waals surface area contributed by atoms with Gasteiger partial charge in [0.05, 0.1) is 19.3 Å². The molecule has 104 valence electrons. The van der Waals surface area contributed by atoms with Gasteiger partial charge in [-0.05, 0) is 44.5 Å². The zero-order valence-electron chi connectivity index (χ0n) is 11.8. The highest BCUT2D eigenvalue weighted by molar-refractivity contribution is 5.85. The largest absolute Gasteiger partial charge is 0.496 e. The van der Waals surface area contributed by atoms with Gasteiger partial charge in [-0.1, -0.05) is 6.07 Å². The summed E-state index contributed by atoms with van der Waals surface area (Å²) in [5.41, 5.74) is 1.48. The van der Waals surface area contributed by atoms with Gasteiger partial charge in [-0.25, -0.2) is 4.79 Å². The second-order valence-electron chi connectivity index (χ2n) is 5.15. The Labute approximate surface area is 113 Å². The summed E-state index contributed by atoms with van der Waals surface area (Å²) in [7, 11) is 1.55. The van der Waals surface area contributed by atoms with Gasteiger partial charge in [-0.3, -0.25) is 0 Å². The van der Waals surface area contributed by atoms with Crippen LogP contribution in [0.5, 0.6) is 5.75 Å². The fourth-order valence-electron chi connectivity index (χ4n) is 1.46. The Kier molecular flexibility index (Phi) is 5.12. The number of aliphatic carboxylic acids is 1. The van der Waals surface area contributed by atoms with Crippen LogP contribution < -0.4 is 4.74 Å². The monoisotopic (exact) mass is 264 g/mol. The van der Waals surface area contributed by atoms with Gasteiger partial charge in [-0.15, -0.1) is 0 Å². The molecule has 0 saturated heterocycles. The predicted molar refractivity (Wildman–Crippen MR) is 74.2 cm³/mol. The van der Waals surface area contributed by atoms with E-state index < -0.39 is 5.97 Å². The van der Waals surface area contributed by atoms with Crippen LogP contribution >= 0.6 is 0 Å². The van der Waals surface area contributed by atoms with Crippen molar-refractivity contribution in [2.24, 2.45) is 0 Å². The minimum Gasteiger partial charge on any atom is -0.496 e. The van der Waals surface area contributed by atoms with Crippen LogP contribution in [-0.2, 0) is 16.1 Å². The molecule has 0 atom stereocenters. The number of carbonyl (C=O) groups is 1. The molecule has 0 aromatic heterocycles. The van der Waals surface area contributed by atoms with Gasteiger partial charge in [0.25, 0.3) is 0 Å². The highest BCUT2D eigenvalue weighted by Crippen LogP contribution is 2.22. The molecule has 0 heterocycles. The van der Waals surface area contributed by atoms with Crippen LogP contribution in [0.25, 0.3) is 6.08 Å². The van der Waals surface area contributed by atoms with Gasteiger partial charge in [0, 0.05) is 11.6 Å². The molecule has 0 unspecified atom stereocenters. The number of hydrogen-bond acceptors (Lipinski definition) is 3. The van der Waals surface area contributed by atoms with Gasteiger partial charge < -0.3 is 14.6 Å². The van der Waals surface area contributed by atoms with Crippen LogP contribution in [0.15, 0.2) is 24.3 Å². The van der Waals surface area contributed by atoms with E-state index in [9.17, 15) is 4.79 Å². The standard InChI is InChI=1S/C15H20O4/c1-15(2,3)19-10-11-5-7-13(18-4)12(9-11)6-8-14(16)17/h5-9H,10H2,1-4H3,(H,16,17). The fourth-order valence-corrected chi connectivity index (χ4v) is 1.46. The summed E-state index contributed by atoms with van der Waals surface area (Å²) < 4.78 is 10.9. The molecule has 1 N–H and O–H groups in total. The molecule has 1 aromatic rings. The van der Waals surface area contributed by atoms with Crippen LogP contribution in [0, 0.1) is 0 Å². The highest BCUT2D eigenvalue weighted by atomic mass is 16.5. The molecular weight excluding hydrogens is 244 g/mol. The van der Waals surface area contributed by atoms with Gasteiger partial charge in [-0.2, -0.15) is 0 Å². The number of rotatable bonds is 5. The lowest BCUT2D eigenvalue weighted by Crippen LogP contribution is -2.18.